The standard InChI is InChI=1S/C14H24N2O/c1-10(2)16-9-13(8-15-16)14(17)12-6-4-11(3)5-7-12/h8-12,14,17H,4-7H2,1-3H3. The highest BCUT2D eigenvalue weighted by Crippen LogP contribution is 2.36. The van der Waals surface area contributed by atoms with Crippen LogP contribution in [0.25, 0.3) is 0 Å². The molecule has 0 bridgehead atoms. The molecular weight excluding hydrogens is 212 g/mol. The third-order valence-corrected chi connectivity index (χ3v) is 4.00. The lowest BCUT2D eigenvalue weighted by molar-refractivity contribution is 0.0755. The molecule has 1 aromatic heterocycles. The molecule has 1 aliphatic carbocycles. The van der Waals surface area contributed by atoms with E-state index in [2.05, 4.69) is 25.9 Å². The molecular formula is C14H24N2O. The van der Waals surface area contributed by atoms with Crippen LogP contribution in [0.1, 0.15) is 64.2 Å². The Hall–Kier alpha value is -0.830. The largest absolute Gasteiger partial charge is 0.388 e. The molecule has 1 N–H and O–H groups in total. The van der Waals surface area contributed by atoms with Crippen LogP contribution in [0.5, 0.6) is 0 Å². The quantitative estimate of drug-likeness (QED) is 0.874. The fourth-order valence-corrected chi connectivity index (χ4v) is 2.66. The Kier molecular flexibility index (Phi) is 3.87. The first-order valence-electron chi connectivity index (χ1n) is 6.80. The van der Waals surface area contributed by atoms with Crippen molar-refractivity contribution in [2.24, 2.45) is 11.8 Å². The maximum absolute atomic E-state index is 10.4. The molecule has 17 heavy (non-hydrogen) atoms. The first kappa shape index (κ1) is 12.6. The number of hydrogen-bond acceptors (Lipinski definition) is 2. The number of nitrogens with zero attached hydrogens (tertiary/aromatic N) is 2. The maximum atomic E-state index is 10.4. The van der Waals surface area contributed by atoms with Gasteiger partial charge < -0.3 is 5.11 Å². The second-order valence-corrected chi connectivity index (χ2v) is 5.81. The molecule has 1 saturated carbocycles. The molecule has 0 spiro atoms. The molecule has 1 heterocycles. The van der Waals surface area contributed by atoms with E-state index in [9.17, 15) is 5.11 Å². The number of rotatable bonds is 3. The lowest BCUT2D eigenvalue weighted by atomic mass is 9.79. The van der Waals surface area contributed by atoms with Gasteiger partial charge in [0.15, 0.2) is 0 Å². The molecule has 0 amide bonds. The molecule has 1 aliphatic rings. The van der Waals surface area contributed by atoms with Gasteiger partial charge in [0, 0.05) is 17.8 Å². The van der Waals surface area contributed by atoms with Gasteiger partial charge in [0.25, 0.3) is 0 Å². The van der Waals surface area contributed by atoms with E-state index in [1.807, 2.05) is 17.1 Å². The van der Waals surface area contributed by atoms with Crippen LogP contribution in [0.15, 0.2) is 12.4 Å². The highest BCUT2D eigenvalue weighted by molar-refractivity contribution is 5.10. The zero-order valence-electron chi connectivity index (χ0n) is 11.1. The maximum Gasteiger partial charge on any atom is 0.0848 e. The van der Waals surface area contributed by atoms with E-state index in [1.54, 1.807) is 0 Å². The summed E-state index contributed by atoms with van der Waals surface area (Å²) in [6.45, 7) is 6.51. The summed E-state index contributed by atoms with van der Waals surface area (Å²) in [5.74, 6) is 1.26. The van der Waals surface area contributed by atoms with Crippen molar-refractivity contribution in [3.63, 3.8) is 0 Å². The van der Waals surface area contributed by atoms with Crippen molar-refractivity contribution in [3.8, 4) is 0 Å². The van der Waals surface area contributed by atoms with Crippen molar-refractivity contribution < 1.29 is 5.11 Å². The minimum absolute atomic E-state index is 0.324. The van der Waals surface area contributed by atoms with E-state index in [0.717, 1.165) is 24.3 Å². The van der Waals surface area contributed by atoms with Gasteiger partial charge in [0.05, 0.1) is 12.3 Å². The van der Waals surface area contributed by atoms with Crippen molar-refractivity contribution in [2.45, 2.75) is 58.6 Å². The third-order valence-electron chi connectivity index (χ3n) is 4.00. The second kappa shape index (κ2) is 5.21. The third kappa shape index (κ3) is 2.89. The Bertz CT molecular complexity index is 351. The van der Waals surface area contributed by atoms with Crippen molar-refractivity contribution in [2.75, 3.05) is 0 Å². The van der Waals surface area contributed by atoms with Gasteiger partial charge >= 0.3 is 0 Å². The van der Waals surface area contributed by atoms with Gasteiger partial charge in [0.2, 0.25) is 0 Å². The van der Waals surface area contributed by atoms with Gasteiger partial charge in [0.1, 0.15) is 0 Å². The van der Waals surface area contributed by atoms with E-state index >= 15 is 0 Å². The summed E-state index contributed by atoms with van der Waals surface area (Å²) < 4.78 is 1.92. The van der Waals surface area contributed by atoms with Crippen molar-refractivity contribution in [1.29, 1.82) is 0 Å². The molecule has 0 radical (unpaired) electrons. The van der Waals surface area contributed by atoms with Crippen LogP contribution in [0.3, 0.4) is 0 Å². The summed E-state index contributed by atoms with van der Waals surface area (Å²) >= 11 is 0. The van der Waals surface area contributed by atoms with Crippen LogP contribution in [-0.4, -0.2) is 14.9 Å². The number of hydrogen-bond donors (Lipinski definition) is 1. The van der Waals surface area contributed by atoms with Gasteiger partial charge in [-0.2, -0.15) is 5.10 Å². The minimum Gasteiger partial charge on any atom is -0.388 e. The molecule has 1 unspecified atom stereocenters. The SMILES string of the molecule is CC1CCC(C(O)c2cnn(C(C)C)c2)CC1. The van der Waals surface area contributed by atoms with Crippen molar-refractivity contribution in [3.05, 3.63) is 18.0 Å². The average molecular weight is 236 g/mol. The first-order valence-corrected chi connectivity index (χ1v) is 6.80. The number of aromatic nitrogens is 2. The van der Waals surface area contributed by atoms with Gasteiger partial charge in [-0.1, -0.05) is 19.8 Å². The monoisotopic (exact) mass is 236 g/mol. The molecule has 2 rings (SSSR count). The lowest BCUT2D eigenvalue weighted by Crippen LogP contribution is -2.19. The Balaban J connectivity index is 2.01. The van der Waals surface area contributed by atoms with Gasteiger partial charge in [-0.05, 0) is 38.5 Å². The summed E-state index contributed by atoms with van der Waals surface area (Å²) in [5.41, 5.74) is 0.984. The summed E-state index contributed by atoms with van der Waals surface area (Å²) in [6, 6.07) is 0.363. The molecule has 3 nitrogen and oxygen atoms in total. The average Bonchev–Trinajstić information content (AvgIpc) is 2.78. The van der Waals surface area contributed by atoms with Crippen LogP contribution in [0, 0.1) is 11.8 Å². The summed E-state index contributed by atoms with van der Waals surface area (Å²) in [7, 11) is 0. The van der Waals surface area contributed by atoms with Crippen molar-refractivity contribution in [1.82, 2.24) is 9.78 Å². The first-order chi connectivity index (χ1) is 8.08. The Labute approximate surface area is 104 Å². The predicted molar refractivity (Wildman–Crippen MR) is 68.7 cm³/mol. The van der Waals surface area contributed by atoms with Crippen LogP contribution < -0.4 is 0 Å². The Morgan fingerprint density at radius 1 is 1.29 bits per heavy atom. The van der Waals surface area contributed by atoms with Gasteiger partial charge in [-0.15, -0.1) is 0 Å². The fourth-order valence-electron chi connectivity index (χ4n) is 2.66. The minimum atomic E-state index is -0.324. The molecule has 3 heteroatoms. The smallest absolute Gasteiger partial charge is 0.0848 e. The second-order valence-electron chi connectivity index (χ2n) is 5.81. The topological polar surface area (TPSA) is 38.1 Å². The summed E-state index contributed by atoms with van der Waals surface area (Å²) in [5, 5.41) is 14.7. The van der Waals surface area contributed by atoms with E-state index < -0.39 is 0 Å². The molecule has 1 atom stereocenters. The van der Waals surface area contributed by atoms with E-state index in [0.29, 0.717) is 12.0 Å². The fraction of sp³-hybridized carbons (Fsp3) is 0.786. The van der Waals surface area contributed by atoms with Crippen LogP contribution in [0.2, 0.25) is 0 Å². The number of aliphatic hydroxyl groups is 1. The highest BCUT2D eigenvalue weighted by atomic mass is 16.3. The molecule has 0 saturated heterocycles. The Morgan fingerprint density at radius 2 is 1.94 bits per heavy atom. The lowest BCUT2D eigenvalue weighted by Gasteiger charge is -2.29. The normalized spacial score (nSPS) is 27.4. The van der Waals surface area contributed by atoms with Gasteiger partial charge in [-0.3, -0.25) is 4.68 Å². The molecule has 1 aromatic rings. The van der Waals surface area contributed by atoms with Crippen LogP contribution >= 0.6 is 0 Å². The summed E-state index contributed by atoms with van der Waals surface area (Å²) in [6.07, 6.45) is 8.29. The zero-order valence-corrected chi connectivity index (χ0v) is 11.1. The Morgan fingerprint density at radius 3 is 2.47 bits per heavy atom. The highest BCUT2D eigenvalue weighted by Gasteiger charge is 2.26. The number of aliphatic hydroxyl groups excluding tert-OH is 1. The predicted octanol–water partition coefficient (Wildman–Crippen LogP) is 3.32. The van der Waals surface area contributed by atoms with Crippen LogP contribution in [-0.2, 0) is 0 Å². The van der Waals surface area contributed by atoms with E-state index in [4.69, 9.17) is 0 Å². The molecule has 0 aromatic carbocycles. The molecule has 0 aliphatic heterocycles. The van der Waals surface area contributed by atoms with Crippen molar-refractivity contribution >= 4 is 0 Å². The van der Waals surface area contributed by atoms with E-state index in [-0.39, 0.29) is 6.10 Å². The molecule has 96 valence electrons. The summed E-state index contributed by atoms with van der Waals surface area (Å²) in [4.78, 5) is 0. The zero-order chi connectivity index (χ0) is 12.4. The van der Waals surface area contributed by atoms with Crippen LogP contribution in [0.4, 0.5) is 0 Å². The van der Waals surface area contributed by atoms with E-state index in [1.165, 1.54) is 12.8 Å². The van der Waals surface area contributed by atoms with Gasteiger partial charge in [-0.25, -0.2) is 0 Å². The molecule has 1 fully saturated rings.